The van der Waals surface area contributed by atoms with Gasteiger partial charge in [0.15, 0.2) is 0 Å². The van der Waals surface area contributed by atoms with Crippen LogP contribution >= 0.6 is 11.3 Å². The number of likely N-dealkylation sites (tertiary alicyclic amines) is 1. The van der Waals surface area contributed by atoms with Crippen molar-refractivity contribution in [3.63, 3.8) is 0 Å². The Morgan fingerprint density at radius 2 is 2.25 bits per heavy atom. The molecule has 2 rings (SSSR count). The largest absolute Gasteiger partial charge is 0.338 e. The number of urea groups is 1. The van der Waals surface area contributed by atoms with Gasteiger partial charge >= 0.3 is 6.03 Å². The van der Waals surface area contributed by atoms with Crippen molar-refractivity contribution in [2.45, 2.75) is 31.8 Å². The molecule has 1 N–H and O–H groups in total. The second-order valence-corrected chi connectivity index (χ2v) is 7.16. The van der Waals surface area contributed by atoms with Gasteiger partial charge in [0.2, 0.25) is 5.91 Å². The van der Waals surface area contributed by atoms with E-state index in [9.17, 15) is 9.59 Å². The molecule has 134 valence electrons. The number of nitrogens with zero attached hydrogens (tertiary/aromatic N) is 4. The first-order valence-electron chi connectivity index (χ1n) is 8.27. The van der Waals surface area contributed by atoms with Crippen LogP contribution in [0.25, 0.3) is 0 Å². The van der Waals surface area contributed by atoms with E-state index in [0.717, 1.165) is 31.6 Å². The molecule has 0 radical (unpaired) electrons. The monoisotopic (exact) mass is 353 g/mol. The predicted molar refractivity (Wildman–Crippen MR) is 94.9 cm³/mol. The molecule has 1 saturated heterocycles. The number of hydrogen-bond donors (Lipinski definition) is 1. The molecule has 0 spiro atoms. The third-order valence-corrected chi connectivity index (χ3v) is 4.86. The summed E-state index contributed by atoms with van der Waals surface area (Å²) in [7, 11) is 5.78. The zero-order valence-corrected chi connectivity index (χ0v) is 15.5. The molecule has 0 saturated carbocycles. The second-order valence-electron chi connectivity index (χ2n) is 6.44. The molecule has 1 atom stereocenters. The van der Waals surface area contributed by atoms with Crippen LogP contribution in [0.3, 0.4) is 0 Å². The van der Waals surface area contributed by atoms with Crippen molar-refractivity contribution in [2.75, 3.05) is 40.8 Å². The number of hydrogen-bond acceptors (Lipinski definition) is 5. The van der Waals surface area contributed by atoms with Gasteiger partial charge in [0.25, 0.3) is 0 Å². The number of thiazole rings is 1. The van der Waals surface area contributed by atoms with Gasteiger partial charge in [-0.3, -0.25) is 4.79 Å². The van der Waals surface area contributed by atoms with E-state index in [1.54, 1.807) is 17.5 Å². The molecule has 24 heavy (non-hydrogen) atoms. The van der Waals surface area contributed by atoms with Gasteiger partial charge in [-0.25, -0.2) is 9.78 Å². The molecular weight excluding hydrogens is 326 g/mol. The number of likely N-dealkylation sites (N-methyl/N-ethyl adjacent to an activating group) is 1. The lowest BCUT2D eigenvalue weighted by molar-refractivity contribution is -0.129. The molecule has 0 aliphatic carbocycles. The standard InChI is InChI=1S/C16H27N5O2S/c1-19(2)8-9-21-14(4-5-15(21)22)6-7-17-16(23)20(3)10-13-11-24-12-18-13/h11-12,14H,4-10H2,1-3H3,(H,17,23)/t14-/m1/s1. The van der Waals surface area contributed by atoms with E-state index < -0.39 is 0 Å². The Labute approximate surface area is 147 Å². The average Bonchev–Trinajstić information content (AvgIpc) is 3.15. The normalized spacial score (nSPS) is 17.6. The van der Waals surface area contributed by atoms with Gasteiger partial charge in [-0.15, -0.1) is 11.3 Å². The summed E-state index contributed by atoms with van der Waals surface area (Å²) in [6.07, 6.45) is 2.31. The first-order chi connectivity index (χ1) is 11.5. The number of carbonyl (C=O) groups is 2. The molecule has 0 bridgehead atoms. The van der Waals surface area contributed by atoms with Crippen molar-refractivity contribution < 1.29 is 9.59 Å². The molecule has 1 aliphatic rings. The summed E-state index contributed by atoms with van der Waals surface area (Å²) < 4.78 is 0. The Morgan fingerprint density at radius 3 is 2.92 bits per heavy atom. The summed E-state index contributed by atoms with van der Waals surface area (Å²) in [5.41, 5.74) is 2.66. The third kappa shape index (κ3) is 5.45. The highest BCUT2D eigenvalue weighted by Gasteiger charge is 2.30. The molecule has 3 amide bonds. The summed E-state index contributed by atoms with van der Waals surface area (Å²) >= 11 is 1.52. The van der Waals surface area contributed by atoms with Gasteiger partial charge in [-0.2, -0.15) is 0 Å². The van der Waals surface area contributed by atoms with Crippen LogP contribution in [0.15, 0.2) is 10.9 Å². The molecule has 0 aromatic carbocycles. The minimum Gasteiger partial charge on any atom is -0.338 e. The van der Waals surface area contributed by atoms with Crippen molar-refractivity contribution in [3.05, 3.63) is 16.6 Å². The Bertz CT molecular complexity index is 535. The number of nitrogens with one attached hydrogen (secondary N) is 1. The highest BCUT2D eigenvalue weighted by Crippen LogP contribution is 2.20. The minimum absolute atomic E-state index is 0.104. The Morgan fingerprint density at radius 1 is 1.46 bits per heavy atom. The van der Waals surface area contributed by atoms with Crippen LogP contribution in [0.1, 0.15) is 25.0 Å². The molecule has 8 heteroatoms. The summed E-state index contributed by atoms with van der Waals surface area (Å²) in [5.74, 6) is 0.230. The van der Waals surface area contributed by atoms with Crippen LogP contribution in [0, 0.1) is 0 Å². The predicted octanol–water partition coefficient (Wildman–Crippen LogP) is 1.23. The topological polar surface area (TPSA) is 68.8 Å². The van der Waals surface area contributed by atoms with E-state index in [1.807, 2.05) is 24.4 Å². The van der Waals surface area contributed by atoms with E-state index in [0.29, 0.717) is 19.5 Å². The van der Waals surface area contributed by atoms with Crippen LogP contribution in [0.5, 0.6) is 0 Å². The summed E-state index contributed by atoms with van der Waals surface area (Å²) in [5, 5.41) is 4.88. The fourth-order valence-corrected chi connectivity index (χ4v) is 3.37. The van der Waals surface area contributed by atoms with Gasteiger partial charge < -0.3 is 20.0 Å². The van der Waals surface area contributed by atoms with Crippen LogP contribution in [0.4, 0.5) is 4.79 Å². The van der Waals surface area contributed by atoms with Gasteiger partial charge in [-0.1, -0.05) is 0 Å². The molecular formula is C16H27N5O2S. The molecule has 7 nitrogen and oxygen atoms in total. The first-order valence-corrected chi connectivity index (χ1v) is 9.22. The maximum absolute atomic E-state index is 12.1. The van der Waals surface area contributed by atoms with E-state index in [-0.39, 0.29) is 18.0 Å². The first kappa shape index (κ1) is 18.7. The molecule has 1 aromatic rings. The van der Waals surface area contributed by atoms with E-state index in [4.69, 9.17) is 0 Å². The van der Waals surface area contributed by atoms with Gasteiger partial charge in [0.1, 0.15) is 0 Å². The average molecular weight is 353 g/mol. The van der Waals surface area contributed by atoms with Crippen molar-refractivity contribution in [1.82, 2.24) is 25.0 Å². The molecule has 0 unspecified atom stereocenters. The lowest BCUT2D eigenvalue weighted by Crippen LogP contribution is -2.42. The lowest BCUT2D eigenvalue weighted by Gasteiger charge is -2.26. The third-order valence-electron chi connectivity index (χ3n) is 4.22. The summed E-state index contributed by atoms with van der Waals surface area (Å²) in [6.45, 7) is 2.71. The molecule has 2 heterocycles. The Hall–Kier alpha value is -1.67. The number of carbonyl (C=O) groups excluding carboxylic acids is 2. The van der Waals surface area contributed by atoms with Crippen LogP contribution in [-0.2, 0) is 11.3 Å². The van der Waals surface area contributed by atoms with Crippen molar-refractivity contribution in [1.29, 1.82) is 0 Å². The Kier molecular flexibility index (Phi) is 6.99. The highest BCUT2D eigenvalue weighted by molar-refractivity contribution is 7.07. The van der Waals surface area contributed by atoms with Crippen LogP contribution < -0.4 is 5.32 Å². The fourth-order valence-electron chi connectivity index (χ4n) is 2.82. The number of amides is 3. The van der Waals surface area contributed by atoms with Gasteiger partial charge in [-0.05, 0) is 26.9 Å². The fraction of sp³-hybridized carbons (Fsp3) is 0.688. The SMILES string of the molecule is CN(C)CCN1C(=O)CC[C@@H]1CCNC(=O)N(C)Cc1cscn1. The van der Waals surface area contributed by atoms with Crippen molar-refractivity contribution in [2.24, 2.45) is 0 Å². The van der Waals surface area contributed by atoms with Crippen LogP contribution in [-0.4, -0.2) is 78.4 Å². The van der Waals surface area contributed by atoms with Crippen molar-refractivity contribution >= 4 is 23.3 Å². The van der Waals surface area contributed by atoms with Crippen LogP contribution in [0.2, 0.25) is 0 Å². The minimum atomic E-state index is -0.104. The molecule has 1 aromatic heterocycles. The van der Waals surface area contributed by atoms with E-state index in [2.05, 4.69) is 15.2 Å². The summed E-state index contributed by atoms with van der Waals surface area (Å²) in [6, 6.07) is 0.133. The maximum Gasteiger partial charge on any atom is 0.317 e. The molecule has 1 aliphatic heterocycles. The van der Waals surface area contributed by atoms with E-state index in [1.165, 1.54) is 11.3 Å². The van der Waals surface area contributed by atoms with Crippen molar-refractivity contribution in [3.8, 4) is 0 Å². The highest BCUT2D eigenvalue weighted by atomic mass is 32.1. The van der Waals surface area contributed by atoms with Gasteiger partial charge in [0, 0.05) is 44.5 Å². The quantitative estimate of drug-likeness (QED) is 0.763. The smallest absolute Gasteiger partial charge is 0.317 e. The van der Waals surface area contributed by atoms with Gasteiger partial charge in [0.05, 0.1) is 17.7 Å². The van der Waals surface area contributed by atoms with E-state index >= 15 is 0 Å². The lowest BCUT2D eigenvalue weighted by atomic mass is 10.1. The molecule has 1 fully saturated rings. The number of rotatable bonds is 8. The summed E-state index contributed by atoms with van der Waals surface area (Å²) in [4.78, 5) is 33.9. The maximum atomic E-state index is 12.1. The zero-order valence-electron chi connectivity index (χ0n) is 14.7. The second kappa shape index (κ2) is 8.98. The Balaban J connectivity index is 1.72. The zero-order chi connectivity index (χ0) is 17.5. The number of aromatic nitrogens is 1.